The first-order valence-electron chi connectivity index (χ1n) is 8.14. The molecule has 6 heteroatoms. The number of aliphatic imine (C=N–C) groups is 1. The van der Waals surface area contributed by atoms with Crippen LogP contribution in [0.2, 0.25) is 0 Å². The second kappa shape index (κ2) is 7.98. The third-order valence-corrected chi connectivity index (χ3v) is 4.86. The maximum Gasteiger partial charge on any atom is 0.240 e. The van der Waals surface area contributed by atoms with Gasteiger partial charge in [-0.1, -0.05) is 49.0 Å². The quantitative estimate of drug-likeness (QED) is 0.864. The Morgan fingerprint density at radius 2 is 1.88 bits per heavy atom. The Labute approximate surface area is 150 Å². The summed E-state index contributed by atoms with van der Waals surface area (Å²) in [4.78, 5) is 28.6. The van der Waals surface area contributed by atoms with Crippen LogP contribution in [0, 0.1) is 0 Å². The van der Waals surface area contributed by atoms with Crippen LogP contribution < -0.4 is 10.6 Å². The van der Waals surface area contributed by atoms with Crippen molar-refractivity contribution < 1.29 is 9.59 Å². The summed E-state index contributed by atoms with van der Waals surface area (Å²) in [6.45, 7) is 2.10. The Hall–Kier alpha value is -2.60. The standard InChI is InChI=1S/C19H19N3O2S/c1-2-13-8-10-15(11-9-13)21-19-22-18(24)16(25-19)12-17(23)20-14-6-4-3-5-7-14/h3-11,16H,2,12H2,1H3,(H,20,23)(H,21,22,24). The van der Waals surface area contributed by atoms with E-state index in [0.29, 0.717) is 5.17 Å². The largest absolute Gasteiger partial charge is 0.326 e. The molecule has 0 aliphatic carbocycles. The van der Waals surface area contributed by atoms with Gasteiger partial charge in [-0.25, -0.2) is 4.99 Å². The average Bonchev–Trinajstić information content (AvgIpc) is 2.95. The van der Waals surface area contributed by atoms with E-state index >= 15 is 0 Å². The lowest BCUT2D eigenvalue weighted by Crippen LogP contribution is -2.28. The number of carbonyl (C=O) groups is 2. The number of hydrogen-bond acceptors (Lipinski definition) is 4. The molecule has 5 nitrogen and oxygen atoms in total. The second-order valence-electron chi connectivity index (χ2n) is 5.65. The number of amidine groups is 1. The number of hydrogen-bond donors (Lipinski definition) is 2. The lowest BCUT2D eigenvalue weighted by Gasteiger charge is -2.07. The number of thioether (sulfide) groups is 1. The van der Waals surface area contributed by atoms with Crippen LogP contribution in [-0.4, -0.2) is 22.2 Å². The number of anilines is 1. The number of aryl methyl sites for hydroxylation is 1. The number of rotatable bonds is 5. The van der Waals surface area contributed by atoms with Crippen molar-refractivity contribution in [2.45, 2.75) is 25.0 Å². The minimum absolute atomic E-state index is 0.110. The highest BCUT2D eigenvalue weighted by atomic mass is 32.2. The normalized spacial score (nSPS) is 18.2. The summed E-state index contributed by atoms with van der Waals surface area (Å²) in [6.07, 6.45) is 1.08. The molecule has 1 aliphatic rings. The first kappa shape index (κ1) is 17.2. The van der Waals surface area contributed by atoms with Gasteiger partial charge in [0.2, 0.25) is 11.8 Å². The molecule has 128 valence electrons. The third kappa shape index (κ3) is 4.70. The summed E-state index contributed by atoms with van der Waals surface area (Å²) in [5, 5.41) is 5.61. The molecule has 1 heterocycles. The number of para-hydroxylation sites is 1. The zero-order chi connectivity index (χ0) is 17.6. The number of benzene rings is 2. The fourth-order valence-corrected chi connectivity index (χ4v) is 3.41. The van der Waals surface area contributed by atoms with Crippen LogP contribution in [0.3, 0.4) is 0 Å². The molecule has 1 unspecified atom stereocenters. The summed E-state index contributed by atoms with van der Waals surface area (Å²) in [5.74, 6) is -0.371. The smallest absolute Gasteiger partial charge is 0.240 e. The van der Waals surface area contributed by atoms with E-state index in [0.717, 1.165) is 17.8 Å². The highest BCUT2D eigenvalue weighted by molar-refractivity contribution is 8.15. The lowest BCUT2D eigenvalue weighted by molar-refractivity contribution is -0.122. The van der Waals surface area contributed by atoms with E-state index in [2.05, 4.69) is 22.5 Å². The fraction of sp³-hybridized carbons (Fsp3) is 0.211. The van der Waals surface area contributed by atoms with Crippen molar-refractivity contribution in [1.82, 2.24) is 5.32 Å². The highest BCUT2D eigenvalue weighted by Gasteiger charge is 2.32. The van der Waals surface area contributed by atoms with Gasteiger partial charge in [0.05, 0.1) is 5.69 Å². The minimum atomic E-state index is -0.461. The minimum Gasteiger partial charge on any atom is -0.326 e. The Balaban J connectivity index is 1.60. The molecular formula is C19H19N3O2S. The van der Waals surface area contributed by atoms with Gasteiger partial charge in [0.25, 0.3) is 0 Å². The van der Waals surface area contributed by atoms with Crippen molar-refractivity contribution in [2.24, 2.45) is 4.99 Å². The number of nitrogens with zero attached hydrogens (tertiary/aromatic N) is 1. The van der Waals surface area contributed by atoms with Crippen LogP contribution >= 0.6 is 11.8 Å². The number of amides is 2. The van der Waals surface area contributed by atoms with Crippen molar-refractivity contribution in [3.8, 4) is 0 Å². The first-order valence-corrected chi connectivity index (χ1v) is 9.02. The molecule has 1 aliphatic heterocycles. The van der Waals surface area contributed by atoms with Gasteiger partial charge in [-0.15, -0.1) is 0 Å². The monoisotopic (exact) mass is 353 g/mol. The van der Waals surface area contributed by atoms with E-state index in [4.69, 9.17) is 0 Å². The summed E-state index contributed by atoms with van der Waals surface area (Å²) >= 11 is 1.29. The van der Waals surface area contributed by atoms with E-state index < -0.39 is 5.25 Å². The van der Waals surface area contributed by atoms with Gasteiger partial charge in [-0.05, 0) is 36.2 Å². The lowest BCUT2D eigenvalue weighted by atomic mass is 10.2. The highest BCUT2D eigenvalue weighted by Crippen LogP contribution is 2.25. The van der Waals surface area contributed by atoms with Gasteiger partial charge >= 0.3 is 0 Å². The van der Waals surface area contributed by atoms with Crippen molar-refractivity contribution in [1.29, 1.82) is 0 Å². The molecule has 2 aromatic rings. The van der Waals surface area contributed by atoms with Crippen LogP contribution in [-0.2, 0) is 16.0 Å². The molecule has 25 heavy (non-hydrogen) atoms. The summed E-state index contributed by atoms with van der Waals surface area (Å²) in [7, 11) is 0. The Bertz CT molecular complexity index is 788. The van der Waals surface area contributed by atoms with Gasteiger partial charge in [-0.3, -0.25) is 9.59 Å². The molecule has 2 N–H and O–H groups in total. The Kier molecular flexibility index (Phi) is 5.50. The van der Waals surface area contributed by atoms with Crippen LogP contribution in [0.1, 0.15) is 18.9 Å². The van der Waals surface area contributed by atoms with Gasteiger partial charge in [0.15, 0.2) is 5.17 Å². The van der Waals surface area contributed by atoms with Crippen molar-refractivity contribution in [3.63, 3.8) is 0 Å². The van der Waals surface area contributed by atoms with Gasteiger partial charge in [0, 0.05) is 12.1 Å². The van der Waals surface area contributed by atoms with Crippen LogP contribution in [0.4, 0.5) is 11.4 Å². The zero-order valence-corrected chi connectivity index (χ0v) is 14.7. The molecule has 0 spiro atoms. The molecular weight excluding hydrogens is 334 g/mol. The van der Waals surface area contributed by atoms with E-state index in [1.54, 1.807) is 0 Å². The Morgan fingerprint density at radius 1 is 1.16 bits per heavy atom. The topological polar surface area (TPSA) is 70.6 Å². The van der Waals surface area contributed by atoms with Crippen LogP contribution in [0.15, 0.2) is 59.6 Å². The molecule has 1 fully saturated rings. The SMILES string of the molecule is CCc1ccc(N=C2NC(=O)C(CC(=O)Nc3ccccc3)S2)cc1. The van der Waals surface area contributed by atoms with E-state index in [-0.39, 0.29) is 18.2 Å². The van der Waals surface area contributed by atoms with E-state index in [1.165, 1.54) is 17.3 Å². The summed E-state index contributed by atoms with van der Waals surface area (Å²) in [6, 6.07) is 17.1. The maximum absolute atomic E-state index is 12.1. The summed E-state index contributed by atoms with van der Waals surface area (Å²) in [5.41, 5.74) is 2.75. The molecule has 0 aromatic heterocycles. The van der Waals surface area contributed by atoms with Crippen LogP contribution in [0.5, 0.6) is 0 Å². The van der Waals surface area contributed by atoms with Gasteiger partial charge in [0.1, 0.15) is 5.25 Å². The number of carbonyl (C=O) groups excluding carboxylic acids is 2. The van der Waals surface area contributed by atoms with E-state index in [1.807, 2.05) is 54.6 Å². The summed E-state index contributed by atoms with van der Waals surface area (Å²) < 4.78 is 0. The molecule has 2 amide bonds. The molecule has 0 saturated carbocycles. The van der Waals surface area contributed by atoms with Crippen LogP contribution in [0.25, 0.3) is 0 Å². The molecule has 3 rings (SSSR count). The predicted octanol–water partition coefficient (Wildman–Crippen LogP) is 3.50. The van der Waals surface area contributed by atoms with Crippen molar-refractivity contribution in [2.75, 3.05) is 5.32 Å². The average molecular weight is 353 g/mol. The van der Waals surface area contributed by atoms with Crippen molar-refractivity contribution in [3.05, 3.63) is 60.2 Å². The van der Waals surface area contributed by atoms with E-state index in [9.17, 15) is 9.59 Å². The fourth-order valence-electron chi connectivity index (χ4n) is 2.42. The second-order valence-corrected chi connectivity index (χ2v) is 6.84. The molecule has 2 aromatic carbocycles. The first-order chi connectivity index (χ1) is 12.1. The number of nitrogens with one attached hydrogen (secondary N) is 2. The zero-order valence-electron chi connectivity index (χ0n) is 13.9. The Morgan fingerprint density at radius 3 is 2.56 bits per heavy atom. The third-order valence-electron chi connectivity index (χ3n) is 3.78. The van der Waals surface area contributed by atoms with Gasteiger partial charge < -0.3 is 10.6 Å². The molecule has 1 saturated heterocycles. The predicted molar refractivity (Wildman–Crippen MR) is 102 cm³/mol. The van der Waals surface area contributed by atoms with Gasteiger partial charge in [-0.2, -0.15) is 0 Å². The maximum atomic E-state index is 12.1. The molecule has 1 atom stereocenters. The molecule has 0 bridgehead atoms. The molecule has 0 radical (unpaired) electrons. The van der Waals surface area contributed by atoms with Crippen molar-refractivity contribution >= 4 is 40.1 Å².